The zero-order chi connectivity index (χ0) is 18.3. The second-order valence-electron chi connectivity index (χ2n) is 7.15. The van der Waals surface area contributed by atoms with Crippen LogP contribution in [-0.4, -0.2) is 43.7 Å². The number of amides is 1. The predicted molar refractivity (Wildman–Crippen MR) is 88.9 cm³/mol. The molecule has 1 aromatic carbocycles. The first-order chi connectivity index (χ1) is 10.9. The first-order valence-electron chi connectivity index (χ1n) is 7.56. The van der Waals surface area contributed by atoms with E-state index < -0.39 is 44.1 Å². The van der Waals surface area contributed by atoms with E-state index in [9.17, 15) is 17.6 Å². The van der Waals surface area contributed by atoms with Crippen molar-refractivity contribution in [3.05, 3.63) is 35.6 Å². The molecule has 0 bridgehead atoms. The number of ether oxygens (including phenoxy) is 1. The van der Waals surface area contributed by atoms with Gasteiger partial charge in [-0.05, 0) is 38.5 Å². The minimum absolute atomic E-state index is 0.106. The third-order valence-electron chi connectivity index (χ3n) is 4.00. The number of carbonyl (C=O) groups is 1. The molecule has 1 aliphatic rings. The summed E-state index contributed by atoms with van der Waals surface area (Å²) in [6.07, 6.45) is 0.332. The highest BCUT2D eigenvalue weighted by molar-refractivity contribution is 7.91. The maximum Gasteiger partial charge on any atom is 0.408 e. The van der Waals surface area contributed by atoms with Crippen molar-refractivity contribution in [3.8, 4) is 0 Å². The van der Waals surface area contributed by atoms with Crippen LogP contribution in [0.25, 0.3) is 0 Å². The van der Waals surface area contributed by atoms with Crippen LogP contribution in [0.1, 0.15) is 32.3 Å². The molecular weight excluding hydrogens is 335 g/mol. The molecule has 0 heterocycles. The van der Waals surface area contributed by atoms with Crippen molar-refractivity contribution in [3.63, 3.8) is 0 Å². The molecule has 1 fully saturated rings. The highest BCUT2D eigenvalue weighted by atomic mass is 32.2. The number of hydrogen-bond acceptors (Lipinski definition) is 5. The zero-order valence-corrected chi connectivity index (χ0v) is 15.0. The van der Waals surface area contributed by atoms with E-state index in [1.165, 1.54) is 18.2 Å². The summed E-state index contributed by atoms with van der Waals surface area (Å²) in [5.74, 6) is -1.10. The SMILES string of the molecule is CC(C)(C)OC(=O)N[C@]1(CN)[C@H](c2cccc(F)c2)[C@@H]1S(C)(=O)=O. The molecule has 0 unspecified atom stereocenters. The van der Waals surface area contributed by atoms with Gasteiger partial charge in [-0.3, -0.25) is 0 Å². The Labute approximate surface area is 141 Å². The standard InChI is InChI=1S/C16H23FN2O4S/c1-15(2,3)23-14(20)19-16(9-18)12(13(16)24(4,21)22)10-6-5-7-11(17)8-10/h5-8,12-13H,9,18H2,1-4H3,(H,19,20)/t12-,13+,16-/m1/s1. The molecule has 0 saturated heterocycles. The Morgan fingerprint density at radius 3 is 2.50 bits per heavy atom. The average molecular weight is 358 g/mol. The van der Waals surface area contributed by atoms with E-state index in [4.69, 9.17) is 10.5 Å². The maximum absolute atomic E-state index is 13.5. The van der Waals surface area contributed by atoms with Crippen molar-refractivity contribution in [1.82, 2.24) is 5.32 Å². The van der Waals surface area contributed by atoms with Gasteiger partial charge >= 0.3 is 6.09 Å². The summed E-state index contributed by atoms with van der Waals surface area (Å²) in [4.78, 5) is 12.1. The molecule has 0 aliphatic heterocycles. The highest BCUT2D eigenvalue weighted by Crippen LogP contribution is 2.55. The molecule has 134 valence electrons. The molecule has 3 atom stereocenters. The Kier molecular flexibility index (Phi) is 4.67. The Bertz CT molecular complexity index is 745. The van der Waals surface area contributed by atoms with Crippen molar-refractivity contribution in [2.75, 3.05) is 12.8 Å². The van der Waals surface area contributed by atoms with Crippen molar-refractivity contribution in [1.29, 1.82) is 0 Å². The van der Waals surface area contributed by atoms with Crippen molar-refractivity contribution < 1.29 is 22.3 Å². The van der Waals surface area contributed by atoms with Gasteiger partial charge in [-0.25, -0.2) is 17.6 Å². The third-order valence-corrected chi connectivity index (χ3v) is 5.61. The fourth-order valence-electron chi connectivity index (χ4n) is 3.14. The lowest BCUT2D eigenvalue weighted by Gasteiger charge is -2.24. The maximum atomic E-state index is 13.5. The average Bonchev–Trinajstić information content (AvgIpc) is 3.05. The molecule has 24 heavy (non-hydrogen) atoms. The van der Waals surface area contributed by atoms with E-state index in [0.717, 1.165) is 6.26 Å². The second kappa shape index (κ2) is 6.00. The van der Waals surface area contributed by atoms with Crippen LogP contribution in [-0.2, 0) is 14.6 Å². The number of nitrogens with one attached hydrogen (secondary N) is 1. The van der Waals surface area contributed by atoms with Gasteiger partial charge in [0.05, 0.1) is 10.8 Å². The smallest absolute Gasteiger partial charge is 0.408 e. The Balaban J connectivity index is 2.37. The molecule has 1 aliphatic carbocycles. The van der Waals surface area contributed by atoms with Crippen molar-refractivity contribution >= 4 is 15.9 Å². The van der Waals surface area contributed by atoms with Gasteiger partial charge in [0, 0.05) is 18.7 Å². The largest absolute Gasteiger partial charge is 0.444 e. The number of nitrogens with two attached hydrogens (primary N) is 1. The Morgan fingerprint density at radius 2 is 2.04 bits per heavy atom. The lowest BCUT2D eigenvalue weighted by atomic mass is 10.1. The number of rotatable bonds is 4. The topological polar surface area (TPSA) is 98.5 Å². The van der Waals surface area contributed by atoms with E-state index >= 15 is 0 Å². The van der Waals surface area contributed by atoms with Crippen LogP contribution in [0.15, 0.2) is 24.3 Å². The Hall–Kier alpha value is -1.67. The minimum Gasteiger partial charge on any atom is -0.444 e. The second-order valence-corrected chi connectivity index (χ2v) is 9.32. The first kappa shape index (κ1) is 18.7. The molecule has 2 rings (SSSR count). The van der Waals surface area contributed by atoms with Crippen LogP contribution in [0.2, 0.25) is 0 Å². The highest BCUT2D eigenvalue weighted by Gasteiger charge is 2.70. The van der Waals surface area contributed by atoms with Gasteiger partial charge in [-0.1, -0.05) is 12.1 Å². The fraction of sp³-hybridized carbons (Fsp3) is 0.562. The van der Waals surface area contributed by atoms with E-state index in [2.05, 4.69) is 5.32 Å². The molecule has 1 aromatic rings. The third kappa shape index (κ3) is 3.70. The van der Waals surface area contributed by atoms with Crippen LogP contribution < -0.4 is 11.1 Å². The normalized spacial score (nSPS) is 26.8. The van der Waals surface area contributed by atoms with Gasteiger partial charge in [-0.15, -0.1) is 0 Å². The lowest BCUT2D eigenvalue weighted by molar-refractivity contribution is 0.0497. The lowest BCUT2D eigenvalue weighted by Crippen LogP contribution is -2.48. The summed E-state index contributed by atoms with van der Waals surface area (Å²) in [6, 6.07) is 5.65. The molecule has 1 amide bonds. The van der Waals surface area contributed by atoms with Crippen LogP contribution in [0.5, 0.6) is 0 Å². The minimum atomic E-state index is -3.52. The van der Waals surface area contributed by atoms with E-state index in [1.807, 2.05) is 0 Å². The van der Waals surface area contributed by atoms with Gasteiger partial charge in [0.2, 0.25) is 0 Å². The van der Waals surface area contributed by atoms with Crippen molar-refractivity contribution in [2.45, 2.75) is 43.1 Å². The van der Waals surface area contributed by atoms with Gasteiger partial charge in [0.25, 0.3) is 0 Å². The molecule has 8 heteroatoms. The fourth-order valence-corrected chi connectivity index (χ4v) is 5.02. The van der Waals surface area contributed by atoms with E-state index in [-0.39, 0.29) is 6.54 Å². The molecular formula is C16H23FN2O4S. The van der Waals surface area contributed by atoms with Crippen LogP contribution in [0.3, 0.4) is 0 Å². The zero-order valence-electron chi connectivity index (χ0n) is 14.2. The van der Waals surface area contributed by atoms with Crippen LogP contribution >= 0.6 is 0 Å². The monoisotopic (exact) mass is 358 g/mol. The van der Waals surface area contributed by atoms with Gasteiger partial charge in [-0.2, -0.15) is 0 Å². The predicted octanol–water partition coefficient (Wildman–Crippen LogP) is 1.56. The summed E-state index contributed by atoms with van der Waals surface area (Å²) in [5.41, 5.74) is 4.35. The number of sulfone groups is 1. The van der Waals surface area contributed by atoms with Crippen molar-refractivity contribution in [2.24, 2.45) is 5.73 Å². The quantitative estimate of drug-likeness (QED) is 0.851. The summed E-state index contributed by atoms with van der Waals surface area (Å²) < 4.78 is 43.1. The molecule has 0 radical (unpaired) electrons. The van der Waals surface area contributed by atoms with Crippen LogP contribution in [0, 0.1) is 5.82 Å². The molecule has 1 saturated carbocycles. The summed E-state index contributed by atoms with van der Waals surface area (Å²) in [7, 11) is -3.52. The summed E-state index contributed by atoms with van der Waals surface area (Å²) in [6.45, 7) is 5.00. The molecule has 6 nitrogen and oxygen atoms in total. The van der Waals surface area contributed by atoms with Gasteiger partial charge in [0.1, 0.15) is 11.4 Å². The Morgan fingerprint density at radius 1 is 1.42 bits per heavy atom. The first-order valence-corrected chi connectivity index (χ1v) is 9.52. The number of alkyl carbamates (subject to hydrolysis) is 1. The van der Waals surface area contributed by atoms with Gasteiger partial charge < -0.3 is 15.8 Å². The number of carbonyl (C=O) groups excluding carboxylic acids is 1. The molecule has 0 spiro atoms. The number of benzene rings is 1. The number of halogens is 1. The summed E-state index contributed by atoms with van der Waals surface area (Å²) >= 11 is 0. The summed E-state index contributed by atoms with van der Waals surface area (Å²) in [5, 5.41) is 1.68. The molecule has 3 N–H and O–H groups in total. The van der Waals surface area contributed by atoms with E-state index in [1.54, 1.807) is 26.8 Å². The van der Waals surface area contributed by atoms with Gasteiger partial charge in [0.15, 0.2) is 9.84 Å². The van der Waals surface area contributed by atoms with E-state index in [0.29, 0.717) is 5.56 Å². The molecule has 0 aromatic heterocycles. The number of hydrogen-bond donors (Lipinski definition) is 2. The van der Waals surface area contributed by atoms with Crippen LogP contribution in [0.4, 0.5) is 9.18 Å².